The van der Waals surface area contributed by atoms with Crippen LogP contribution < -0.4 is 14.8 Å². The Morgan fingerprint density at radius 1 is 1.08 bits per heavy atom. The Hall–Kier alpha value is -1.53. The average molecular weight is 402 g/mol. The molecule has 142 valence electrons. The number of aliphatic hydroxyl groups excluding tert-OH is 1. The number of ether oxygens (including phenoxy) is 2. The summed E-state index contributed by atoms with van der Waals surface area (Å²) < 4.78 is 24.3. The second kappa shape index (κ2) is 8.91. The number of hydrogen-bond acceptors (Lipinski definition) is 4. The van der Waals surface area contributed by atoms with E-state index in [-0.39, 0.29) is 13.2 Å². The van der Waals surface area contributed by atoms with Crippen LogP contribution in [-0.2, 0) is 13.2 Å². The van der Waals surface area contributed by atoms with Gasteiger partial charge in [-0.25, -0.2) is 4.39 Å². The minimum atomic E-state index is -0.426. The third kappa shape index (κ3) is 5.48. The second-order valence-corrected chi connectivity index (χ2v) is 7.33. The molecule has 0 fully saturated rings. The van der Waals surface area contributed by atoms with E-state index in [0.29, 0.717) is 33.7 Å². The topological polar surface area (TPSA) is 50.7 Å². The zero-order valence-corrected chi connectivity index (χ0v) is 16.4. The van der Waals surface area contributed by atoms with Gasteiger partial charge in [-0.05, 0) is 37.6 Å². The first-order valence-electron chi connectivity index (χ1n) is 8.05. The highest BCUT2D eigenvalue weighted by atomic mass is 35.5. The monoisotopic (exact) mass is 401 g/mol. The van der Waals surface area contributed by atoms with E-state index in [1.165, 1.54) is 19.2 Å². The fourth-order valence-corrected chi connectivity index (χ4v) is 2.61. The lowest BCUT2D eigenvalue weighted by Gasteiger charge is -2.24. The average Bonchev–Trinajstić information content (AvgIpc) is 2.60. The van der Waals surface area contributed by atoms with E-state index in [1.807, 2.05) is 13.8 Å². The molecule has 2 aromatic rings. The molecule has 0 amide bonds. The molecular weight excluding hydrogens is 380 g/mol. The van der Waals surface area contributed by atoms with Gasteiger partial charge in [0.05, 0.1) is 18.7 Å². The van der Waals surface area contributed by atoms with Gasteiger partial charge in [0, 0.05) is 28.7 Å². The zero-order valence-electron chi connectivity index (χ0n) is 14.9. The molecule has 0 saturated heterocycles. The first kappa shape index (κ1) is 20.8. The number of methoxy groups -OCH3 is 1. The molecule has 0 spiro atoms. The fourth-order valence-electron chi connectivity index (χ4n) is 2.17. The molecule has 0 heterocycles. The Balaban J connectivity index is 2.15. The van der Waals surface area contributed by atoms with Gasteiger partial charge in [-0.1, -0.05) is 29.3 Å². The van der Waals surface area contributed by atoms with Crippen LogP contribution >= 0.6 is 23.2 Å². The van der Waals surface area contributed by atoms with Crippen LogP contribution in [0.25, 0.3) is 0 Å². The first-order valence-corrected chi connectivity index (χ1v) is 8.80. The van der Waals surface area contributed by atoms with E-state index < -0.39 is 11.4 Å². The molecule has 4 nitrogen and oxygen atoms in total. The third-order valence-corrected chi connectivity index (χ3v) is 4.59. The smallest absolute Gasteiger partial charge is 0.163 e. The number of rotatable bonds is 8. The fraction of sp³-hybridized carbons (Fsp3) is 0.368. The van der Waals surface area contributed by atoms with Crippen molar-refractivity contribution in [2.75, 3.05) is 13.7 Å². The lowest BCUT2D eigenvalue weighted by molar-refractivity contribution is 0.187. The van der Waals surface area contributed by atoms with Crippen LogP contribution in [0.15, 0.2) is 30.3 Å². The minimum Gasteiger partial charge on any atom is -0.493 e. The standard InChI is InChI=1S/C19H22Cl2FNO3/c1-19(2,11-24)23-9-13-6-17(25-3)18(8-16(13)21)26-10-12-4-5-14(22)7-15(12)20/h4-8,23-24H,9-11H2,1-3H3. The molecule has 0 aliphatic rings. The summed E-state index contributed by atoms with van der Waals surface area (Å²) in [5.74, 6) is 0.580. The minimum absolute atomic E-state index is 0.00137. The molecule has 0 radical (unpaired) electrons. The number of aliphatic hydroxyl groups is 1. The molecule has 2 N–H and O–H groups in total. The Kier molecular flexibility index (Phi) is 7.12. The first-order chi connectivity index (χ1) is 12.3. The third-order valence-electron chi connectivity index (χ3n) is 3.88. The largest absolute Gasteiger partial charge is 0.493 e. The van der Waals surface area contributed by atoms with Crippen LogP contribution in [0.5, 0.6) is 11.5 Å². The summed E-state index contributed by atoms with van der Waals surface area (Å²) in [7, 11) is 1.54. The predicted molar refractivity (Wildman–Crippen MR) is 102 cm³/mol. The molecule has 0 aliphatic heterocycles. The molecule has 0 aromatic heterocycles. The number of benzene rings is 2. The van der Waals surface area contributed by atoms with Crippen molar-refractivity contribution in [2.24, 2.45) is 0 Å². The summed E-state index contributed by atoms with van der Waals surface area (Å²) in [5, 5.41) is 13.4. The Labute approximate surface area is 162 Å². The zero-order chi connectivity index (χ0) is 19.3. The van der Waals surface area contributed by atoms with Gasteiger partial charge in [0.2, 0.25) is 0 Å². The number of nitrogens with one attached hydrogen (secondary N) is 1. The van der Waals surface area contributed by atoms with Crippen LogP contribution in [0.1, 0.15) is 25.0 Å². The van der Waals surface area contributed by atoms with Crippen molar-refractivity contribution in [1.82, 2.24) is 5.32 Å². The van der Waals surface area contributed by atoms with Crippen molar-refractivity contribution >= 4 is 23.2 Å². The van der Waals surface area contributed by atoms with Crippen molar-refractivity contribution in [3.63, 3.8) is 0 Å². The molecule has 2 aromatic carbocycles. The van der Waals surface area contributed by atoms with E-state index in [4.69, 9.17) is 32.7 Å². The molecular formula is C19H22Cl2FNO3. The molecule has 2 rings (SSSR count). The highest BCUT2D eigenvalue weighted by Gasteiger charge is 2.17. The van der Waals surface area contributed by atoms with Crippen LogP contribution in [0, 0.1) is 5.82 Å². The highest BCUT2D eigenvalue weighted by Crippen LogP contribution is 2.34. The SMILES string of the molecule is COc1cc(CNC(C)(C)CO)c(Cl)cc1OCc1ccc(F)cc1Cl. The molecule has 7 heteroatoms. The van der Waals surface area contributed by atoms with Crippen molar-refractivity contribution in [3.05, 3.63) is 57.3 Å². The number of halogens is 3. The summed E-state index contributed by atoms with van der Waals surface area (Å²) in [4.78, 5) is 0. The summed E-state index contributed by atoms with van der Waals surface area (Å²) >= 11 is 12.4. The Morgan fingerprint density at radius 3 is 2.38 bits per heavy atom. The van der Waals surface area contributed by atoms with Gasteiger partial charge in [-0.2, -0.15) is 0 Å². The van der Waals surface area contributed by atoms with Gasteiger partial charge in [-0.3, -0.25) is 0 Å². The van der Waals surface area contributed by atoms with Crippen molar-refractivity contribution < 1.29 is 19.0 Å². The molecule has 0 saturated carbocycles. The number of hydrogen-bond donors (Lipinski definition) is 2. The van der Waals surface area contributed by atoms with Crippen LogP contribution in [0.4, 0.5) is 4.39 Å². The van der Waals surface area contributed by atoms with Crippen molar-refractivity contribution in [3.8, 4) is 11.5 Å². The molecule has 0 bridgehead atoms. The van der Waals surface area contributed by atoms with Gasteiger partial charge in [0.1, 0.15) is 12.4 Å². The molecule has 0 unspecified atom stereocenters. The van der Waals surface area contributed by atoms with E-state index in [0.717, 1.165) is 5.56 Å². The molecule has 0 atom stereocenters. The van der Waals surface area contributed by atoms with Gasteiger partial charge in [0.15, 0.2) is 11.5 Å². The van der Waals surface area contributed by atoms with Gasteiger partial charge in [0.25, 0.3) is 0 Å². The highest BCUT2D eigenvalue weighted by molar-refractivity contribution is 6.31. The van der Waals surface area contributed by atoms with Crippen LogP contribution in [0.3, 0.4) is 0 Å². The quantitative estimate of drug-likeness (QED) is 0.679. The maximum absolute atomic E-state index is 13.1. The van der Waals surface area contributed by atoms with E-state index in [2.05, 4.69) is 5.32 Å². The summed E-state index contributed by atoms with van der Waals surface area (Å²) in [5.41, 5.74) is 1.05. The molecule has 0 aliphatic carbocycles. The summed E-state index contributed by atoms with van der Waals surface area (Å²) in [6, 6.07) is 7.58. The lowest BCUT2D eigenvalue weighted by Crippen LogP contribution is -2.42. The van der Waals surface area contributed by atoms with Crippen LogP contribution in [0.2, 0.25) is 10.0 Å². The van der Waals surface area contributed by atoms with Crippen molar-refractivity contribution in [2.45, 2.75) is 32.5 Å². The lowest BCUT2D eigenvalue weighted by atomic mass is 10.1. The Bertz CT molecular complexity index is 769. The van der Waals surface area contributed by atoms with E-state index in [1.54, 1.807) is 18.2 Å². The summed E-state index contributed by atoms with van der Waals surface area (Å²) in [6.45, 7) is 4.40. The Morgan fingerprint density at radius 2 is 1.77 bits per heavy atom. The normalized spacial score (nSPS) is 11.5. The maximum Gasteiger partial charge on any atom is 0.163 e. The second-order valence-electron chi connectivity index (χ2n) is 6.51. The molecule has 26 heavy (non-hydrogen) atoms. The van der Waals surface area contributed by atoms with Gasteiger partial charge in [-0.15, -0.1) is 0 Å². The van der Waals surface area contributed by atoms with E-state index >= 15 is 0 Å². The maximum atomic E-state index is 13.1. The predicted octanol–water partition coefficient (Wildman–Crippen LogP) is 4.58. The van der Waals surface area contributed by atoms with Gasteiger partial charge >= 0.3 is 0 Å². The van der Waals surface area contributed by atoms with Crippen molar-refractivity contribution in [1.29, 1.82) is 0 Å². The van der Waals surface area contributed by atoms with Gasteiger partial charge < -0.3 is 19.9 Å². The van der Waals surface area contributed by atoms with E-state index in [9.17, 15) is 9.50 Å². The van der Waals surface area contributed by atoms with Crippen LogP contribution in [-0.4, -0.2) is 24.4 Å². The summed E-state index contributed by atoms with van der Waals surface area (Å²) in [6.07, 6.45) is 0.